The third-order valence-corrected chi connectivity index (χ3v) is 2.54. The van der Waals surface area contributed by atoms with Gasteiger partial charge < -0.3 is 14.5 Å². The number of rotatable bonds is 2. The molecule has 1 aromatic rings. The normalized spacial score (nSPS) is 10.1. The van der Waals surface area contributed by atoms with Gasteiger partial charge in [-0.15, -0.1) is 11.1 Å². The monoisotopic (exact) mass is 164 g/mol. The van der Waals surface area contributed by atoms with Crippen LogP contribution in [-0.4, -0.2) is 0 Å². The molecule has 0 aliphatic carbocycles. The van der Waals surface area contributed by atoms with Crippen molar-refractivity contribution in [3.05, 3.63) is 29.3 Å². The van der Waals surface area contributed by atoms with Crippen LogP contribution in [-0.2, 0) is 12.8 Å². The van der Waals surface area contributed by atoms with E-state index in [9.17, 15) is 0 Å². The molecule has 0 radical (unpaired) electrons. The summed E-state index contributed by atoms with van der Waals surface area (Å²) in [7, 11) is 4.47. The fraction of sp³-hybridized carbons (Fsp3) is 0.400. The molecule has 0 atom stereocenters. The lowest BCUT2D eigenvalue weighted by Crippen LogP contribution is -2.06. The lowest BCUT2D eigenvalue weighted by atomic mass is 10.1. The van der Waals surface area contributed by atoms with E-state index in [4.69, 9.17) is 0 Å². The van der Waals surface area contributed by atoms with E-state index >= 15 is 0 Å². The summed E-state index contributed by atoms with van der Waals surface area (Å²) in [5, 5.41) is 1.18. The maximum Gasteiger partial charge on any atom is -0.0351 e. The molecular formula is C10H13P-2. The molecule has 0 fully saturated rings. The third-order valence-electron chi connectivity index (χ3n) is 1.96. The summed E-state index contributed by atoms with van der Waals surface area (Å²) in [5.74, 6) is 0. The van der Waals surface area contributed by atoms with Crippen LogP contribution < -0.4 is 5.30 Å². The van der Waals surface area contributed by atoms with E-state index in [1.54, 1.807) is 0 Å². The standard InChI is InChI=1S/C10H13P/c1-3-8-6-5-7-9(4-2)10(8)11/h5-7H,3-4H2,1-2H3/q-2. The number of benzene rings is 1. The predicted octanol–water partition coefficient (Wildman–Crippen LogP) is 2.85. The number of hydrogen-bond acceptors (Lipinski definition) is 0. The molecule has 11 heavy (non-hydrogen) atoms. The van der Waals surface area contributed by atoms with Crippen molar-refractivity contribution in [2.45, 2.75) is 26.7 Å². The second kappa shape index (κ2) is 3.88. The van der Waals surface area contributed by atoms with Crippen molar-refractivity contribution in [3.63, 3.8) is 0 Å². The second-order valence-corrected chi connectivity index (χ2v) is 3.08. The predicted molar refractivity (Wildman–Crippen MR) is 51.8 cm³/mol. The molecule has 0 nitrogen and oxygen atoms in total. The molecule has 0 aromatic heterocycles. The minimum Gasteiger partial charge on any atom is -1.45 e. The Morgan fingerprint density at radius 2 is 1.55 bits per heavy atom. The lowest BCUT2D eigenvalue weighted by molar-refractivity contribution is 1.11. The van der Waals surface area contributed by atoms with Gasteiger partial charge in [0.2, 0.25) is 0 Å². The molecular weight excluding hydrogens is 151 g/mol. The Hall–Kier alpha value is -0.350. The van der Waals surface area contributed by atoms with E-state index in [2.05, 4.69) is 41.3 Å². The van der Waals surface area contributed by atoms with Gasteiger partial charge in [0.15, 0.2) is 0 Å². The van der Waals surface area contributed by atoms with E-state index in [1.165, 1.54) is 16.4 Å². The van der Waals surface area contributed by atoms with Gasteiger partial charge in [0.05, 0.1) is 0 Å². The number of hydrogen-bond donors (Lipinski definition) is 0. The van der Waals surface area contributed by atoms with Gasteiger partial charge in [-0.1, -0.05) is 32.0 Å². The van der Waals surface area contributed by atoms with Crippen LogP contribution in [0.3, 0.4) is 0 Å². The van der Waals surface area contributed by atoms with Gasteiger partial charge in [0.25, 0.3) is 0 Å². The topological polar surface area (TPSA) is 0 Å². The molecule has 0 amide bonds. The Kier molecular flexibility index (Phi) is 3.08. The van der Waals surface area contributed by atoms with Crippen LogP contribution in [0.25, 0.3) is 0 Å². The highest BCUT2D eigenvalue weighted by Gasteiger charge is 1.86. The zero-order valence-electron chi connectivity index (χ0n) is 7.09. The SMILES string of the molecule is CCc1cccc(CC)c1[P-2]. The summed E-state index contributed by atoms with van der Waals surface area (Å²) in [6, 6.07) is 6.39. The van der Waals surface area contributed by atoms with Crippen LogP contribution in [0, 0.1) is 0 Å². The molecule has 0 bridgehead atoms. The van der Waals surface area contributed by atoms with Gasteiger partial charge in [-0.2, -0.15) is 0 Å². The van der Waals surface area contributed by atoms with E-state index in [-0.39, 0.29) is 0 Å². The van der Waals surface area contributed by atoms with Crippen LogP contribution in [0.4, 0.5) is 0 Å². The van der Waals surface area contributed by atoms with Crippen LogP contribution in [0.2, 0.25) is 0 Å². The first kappa shape index (κ1) is 8.74. The molecule has 0 unspecified atom stereocenters. The summed E-state index contributed by atoms with van der Waals surface area (Å²) in [6.45, 7) is 4.32. The van der Waals surface area contributed by atoms with Crippen LogP contribution in [0.1, 0.15) is 25.0 Å². The Morgan fingerprint density at radius 1 is 1.09 bits per heavy atom. The lowest BCUT2D eigenvalue weighted by Gasteiger charge is -2.40. The Bertz CT molecular complexity index is 218. The van der Waals surface area contributed by atoms with E-state index in [0.29, 0.717) is 0 Å². The van der Waals surface area contributed by atoms with Crippen molar-refractivity contribution in [2.24, 2.45) is 0 Å². The maximum absolute atomic E-state index is 4.47. The van der Waals surface area contributed by atoms with Gasteiger partial charge in [-0.3, -0.25) is 0 Å². The molecule has 0 N–H and O–H groups in total. The van der Waals surface area contributed by atoms with Crippen molar-refractivity contribution in [3.8, 4) is 0 Å². The fourth-order valence-electron chi connectivity index (χ4n) is 1.22. The minimum atomic E-state index is 1.08. The quantitative estimate of drug-likeness (QED) is 0.589. The van der Waals surface area contributed by atoms with Crippen LogP contribution in [0.5, 0.6) is 0 Å². The molecule has 1 rings (SSSR count). The highest BCUT2D eigenvalue weighted by Crippen LogP contribution is 2.07. The summed E-state index contributed by atoms with van der Waals surface area (Å²) < 4.78 is 0. The Balaban J connectivity index is 3.10. The molecule has 1 heteroatoms. The smallest absolute Gasteiger partial charge is 0.0351 e. The summed E-state index contributed by atoms with van der Waals surface area (Å²) >= 11 is 0. The van der Waals surface area contributed by atoms with Crippen molar-refractivity contribution < 1.29 is 0 Å². The summed E-state index contributed by atoms with van der Waals surface area (Å²) in [4.78, 5) is 0. The maximum atomic E-state index is 4.47. The highest BCUT2D eigenvalue weighted by molar-refractivity contribution is 7.27. The zero-order chi connectivity index (χ0) is 8.27. The molecule has 0 heterocycles. The van der Waals surface area contributed by atoms with Gasteiger partial charge in [-0.05, 0) is 12.8 Å². The van der Waals surface area contributed by atoms with Gasteiger partial charge in [0, 0.05) is 0 Å². The first-order valence-corrected chi connectivity index (χ1v) is 4.54. The Labute approximate surface area is 71.2 Å². The number of aryl methyl sites for hydroxylation is 2. The van der Waals surface area contributed by atoms with Gasteiger partial charge >= 0.3 is 0 Å². The molecule has 60 valence electrons. The molecule has 0 aliphatic rings. The van der Waals surface area contributed by atoms with Crippen molar-refractivity contribution in [1.29, 1.82) is 0 Å². The fourth-order valence-corrected chi connectivity index (χ4v) is 1.68. The van der Waals surface area contributed by atoms with Crippen LogP contribution in [0.15, 0.2) is 18.2 Å². The van der Waals surface area contributed by atoms with Crippen molar-refractivity contribution >= 4 is 14.5 Å². The molecule has 0 spiro atoms. The molecule has 1 aromatic carbocycles. The van der Waals surface area contributed by atoms with Crippen LogP contribution >= 0.6 is 9.24 Å². The minimum absolute atomic E-state index is 1.08. The molecule has 0 saturated heterocycles. The Morgan fingerprint density at radius 3 is 1.91 bits per heavy atom. The largest absolute Gasteiger partial charge is 1.45 e. The van der Waals surface area contributed by atoms with Gasteiger partial charge in [-0.25, -0.2) is 0 Å². The average Bonchev–Trinajstić information content (AvgIpc) is 2.05. The van der Waals surface area contributed by atoms with Crippen molar-refractivity contribution in [2.75, 3.05) is 0 Å². The third kappa shape index (κ3) is 1.81. The molecule has 0 saturated carbocycles. The molecule has 0 aliphatic heterocycles. The highest BCUT2D eigenvalue weighted by atomic mass is 31.0. The summed E-state index contributed by atoms with van der Waals surface area (Å²) in [6.07, 6.45) is 2.15. The summed E-state index contributed by atoms with van der Waals surface area (Å²) in [5.41, 5.74) is 2.71. The van der Waals surface area contributed by atoms with E-state index in [0.717, 1.165) is 12.8 Å². The second-order valence-electron chi connectivity index (χ2n) is 2.63. The first-order chi connectivity index (χ1) is 5.29. The van der Waals surface area contributed by atoms with Gasteiger partial charge in [0.1, 0.15) is 0 Å². The van der Waals surface area contributed by atoms with E-state index in [1.807, 2.05) is 0 Å². The zero-order valence-corrected chi connectivity index (χ0v) is 7.99. The first-order valence-electron chi connectivity index (χ1n) is 4.09. The van der Waals surface area contributed by atoms with E-state index < -0.39 is 0 Å². The average molecular weight is 164 g/mol. The van der Waals surface area contributed by atoms with Crippen molar-refractivity contribution in [1.82, 2.24) is 0 Å².